The van der Waals surface area contributed by atoms with Crippen LogP contribution in [0.4, 0.5) is 0 Å². The molecule has 0 aliphatic heterocycles. The summed E-state index contributed by atoms with van der Waals surface area (Å²) in [7, 11) is -0.600. The van der Waals surface area contributed by atoms with E-state index in [1.54, 1.807) is 0 Å². The van der Waals surface area contributed by atoms with E-state index in [0.717, 1.165) is 0 Å². The molecule has 14 heavy (non-hydrogen) atoms. The largest absolute Gasteiger partial charge is 0.119 e. The van der Waals surface area contributed by atoms with E-state index in [1.807, 2.05) is 12.1 Å². The average molecular weight is 196 g/mol. The topological polar surface area (TPSA) is 0 Å². The maximum Gasteiger partial charge on any atom is 0.119 e. The van der Waals surface area contributed by atoms with Crippen molar-refractivity contribution in [3.05, 3.63) is 60.7 Å². The number of benzene rings is 2. The summed E-state index contributed by atoms with van der Waals surface area (Å²) >= 11 is 0. The first-order valence-electron chi connectivity index (χ1n) is 4.74. The zero-order valence-corrected chi connectivity index (χ0v) is 9.20. The Bertz CT molecular complexity index is 341. The molecule has 0 nitrogen and oxygen atoms in total. The molecule has 0 spiro atoms. The predicted molar refractivity (Wildman–Crippen MR) is 62.6 cm³/mol. The Balaban J connectivity index is 2.30. The second-order valence-electron chi connectivity index (χ2n) is 3.27. The molecule has 1 heteroatoms. The molecule has 0 fully saturated rings. The van der Waals surface area contributed by atoms with Gasteiger partial charge in [0.15, 0.2) is 0 Å². The van der Waals surface area contributed by atoms with Gasteiger partial charge in [0.25, 0.3) is 0 Å². The van der Waals surface area contributed by atoms with Gasteiger partial charge in [0.05, 0.1) is 0 Å². The zero-order valence-electron chi connectivity index (χ0n) is 8.20. The lowest BCUT2D eigenvalue weighted by Crippen LogP contribution is -2.38. The van der Waals surface area contributed by atoms with Crippen LogP contribution in [0.15, 0.2) is 54.6 Å². The summed E-state index contributed by atoms with van der Waals surface area (Å²) in [6.07, 6.45) is 0. The summed E-state index contributed by atoms with van der Waals surface area (Å²) in [6, 6.07) is 22.3. The minimum absolute atomic E-state index is 0.600. The summed E-state index contributed by atoms with van der Waals surface area (Å²) in [4.78, 5) is 0. The molecule has 0 unspecified atom stereocenters. The molecule has 0 bridgehead atoms. The number of hydrogen-bond donors (Lipinski definition) is 0. The van der Waals surface area contributed by atoms with Gasteiger partial charge in [-0.3, -0.25) is 0 Å². The highest BCUT2D eigenvalue weighted by atomic mass is 28.3. The molecule has 0 N–H and O–H groups in total. The Kier molecular flexibility index (Phi) is 2.80. The van der Waals surface area contributed by atoms with Gasteiger partial charge in [-0.2, -0.15) is 0 Å². The van der Waals surface area contributed by atoms with Gasteiger partial charge in [-0.05, 0) is 11.3 Å². The molecular weight excluding hydrogens is 184 g/mol. The Morgan fingerprint density at radius 1 is 0.929 bits per heavy atom. The van der Waals surface area contributed by atoms with Gasteiger partial charge in [0, 0.05) is 0 Å². The van der Waals surface area contributed by atoms with Gasteiger partial charge in [-0.25, -0.2) is 0 Å². The molecule has 0 amide bonds. The van der Waals surface area contributed by atoms with E-state index in [9.17, 15) is 0 Å². The first kappa shape index (κ1) is 9.22. The van der Waals surface area contributed by atoms with Crippen LogP contribution in [0, 0.1) is 6.07 Å². The van der Waals surface area contributed by atoms with Crippen LogP contribution < -0.4 is 10.4 Å². The van der Waals surface area contributed by atoms with E-state index in [-0.39, 0.29) is 0 Å². The Morgan fingerprint density at radius 3 is 2.29 bits per heavy atom. The minimum atomic E-state index is -0.600. The third kappa shape index (κ3) is 1.94. The van der Waals surface area contributed by atoms with Gasteiger partial charge >= 0.3 is 0 Å². The van der Waals surface area contributed by atoms with Crippen molar-refractivity contribution < 1.29 is 0 Å². The lowest BCUT2D eigenvalue weighted by atomic mass is 10.4. The lowest BCUT2D eigenvalue weighted by Gasteiger charge is -2.08. The first-order valence-corrected chi connectivity index (χ1v) is 6.74. The third-order valence-electron chi connectivity index (χ3n) is 2.32. The summed E-state index contributed by atoms with van der Waals surface area (Å²) < 4.78 is 0. The lowest BCUT2D eigenvalue weighted by molar-refractivity contribution is 1.71. The maximum atomic E-state index is 3.31. The third-order valence-corrected chi connectivity index (χ3v) is 4.64. The fraction of sp³-hybridized carbons (Fsp3) is 0.0769. The molecular formula is C13H12Si. The molecule has 68 valence electrons. The van der Waals surface area contributed by atoms with Crippen molar-refractivity contribution >= 4 is 19.2 Å². The van der Waals surface area contributed by atoms with E-state index >= 15 is 0 Å². The fourth-order valence-corrected chi connectivity index (χ4v) is 3.12. The average Bonchev–Trinajstić information content (AvgIpc) is 2.30. The molecule has 2 rings (SSSR count). The van der Waals surface area contributed by atoms with Crippen LogP contribution in [0.25, 0.3) is 0 Å². The van der Waals surface area contributed by atoms with E-state index in [4.69, 9.17) is 0 Å². The molecule has 0 aliphatic carbocycles. The van der Waals surface area contributed by atoms with Crippen molar-refractivity contribution in [3.8, 4) is 0 Å². The van der Waals surface area contributed by atoms with Gasteiger partial charge in [-0.15, -0.1) is 0 Å². The van der Waals surface area contributed by atoms with Gasteiger partial charge in [-0.1, -0.05) is 66.3 Å². The van der Waals surface area contributed by atoms with E-state index in [0.29, 0.717) is 0 Å². The molecule has 0 atom stereocenters. The van der Waals surface area contributed by atoms with Crippen LogP contribution in [0.1, 0.15) is 0 Å². The summed E-state index contributed by atoms with van der Waals surface area (Å²) in [5.41, 5.74) is 0. The predicted octanol–water partition coefficient (Wildman–Crippen LogP) is 1.73. The number of hydrogen-bond acceptors (Lipinski definition) is 0. The highest BCUT2D eigenvalue weighted by molar-refractivity contribution is 6.84. The zero-order chi connectivity index (χ0) is 9.80. The second-order valence-corrected chi connectivity index (χ2v) is 5.63. The highest BCUT2D eigenvalue weighted by Crippen LogP contribution is 1.91. The van der Waals surface area contributed by atoms with Crippen LogP contribution in [-0.4, -0.2) is 8.80 Å². The summed E-state index contributed by atoms with van der Waals surface area (Å²) in [5.74, 6) is 0. The molecule has 0 aromatic heterocycles. The van der Waals surface area contributed by atoms with Crippen molar-refractivity contribution in [1.29, 1.82) is 0 Å². The van der Waals surface area contributed by atoms with Crippen LogP contribution in [0.5, 0.6) is 0 Å². The van der Waals surface area contributed by atoms with Crippen LogP contribution >= 0.6 is 0 Å². The highest BCUT2D eigenvalue weighted by Gasteiger charge is 2.08. The van der Waals surface area contributed by atoms with Gasteiger partial charge in [0.1, 0.15) is 8.80 Å². The number of rotatable bonds is 2. The van der Waals surface area contributed by atoms with Gasteiger partial charge in [0.2, 0.25) is 0 Å². The van der Waals surface area contributed by atoms with Crippen molar-refractivity contribution in [2.24, 2.45) is 0 Å². The Hall–Kier alpha value is -1.34. The second kappa shape index (κ2) is 4.25. The normalized spacial score (nSPS) is 10.4. The van der Waals surface area contributed by atoms with E-state index < -0.39 is 8.80 Å². The van der Waals surface area contributed by atoms with Crippen molar-refractivity contribution in [2.75, 3.05) is 0 Å². The molecule has 0 heterocycles. The van der Waals surface area contributed by atoms with Crippen molar-refractivity contribution in [2.45, 2.75) is 6.55 Å². The summed E-state index contributed by atoms with van der Waals surface area (Å²) in [5, 5.41) is 2.80. The molecule has 0 saturated carbocycles. The Morgan fingerprint density at radius 2 is 1.64 bits per heavy atom. The van der Waals surface area contributed by atoms with Crippen molar-refractivity contribution in [1.82, 2.24) is 0 Å². The fourth-order valence-electron chi connectivity index (χ4n) is 1.47. The first-order chi connectivity index (χ1) is 6.88. The van der Waals surface area contributed by atoms with Gasteiger partial charge < -0.3 is 0 Å². The monoisotopic (exact) mass is 196 g/mol. The van der Waals surface area contributed by atoms with Crippen molar-refractivity contribution in [3.63, 3.8) is 0 Å². The SMILES string of the molecule is C[Si](c1[c]cccc1)c1ccccc1. The molecule has 0 aliphatic rings. The standard InChI is InChI=1S/C13H12Si/c1-14(12-8-4-2-5-9-12)13-10-6-3-7-11-13/h2-10H,1H3. The minimum Gasteiger partial charge on any atom is -0.0628 e. The molecule has 0 saturated heterocycles. The maximum absolute atomic E-state index is 3.31. The van der Waals surface area contributed by atoms with Crippen LogP contribution in [-0.2, 0) is 0 Å². The van der Waals surface area contributed by atoms with E-state index in [2.05, 4.69) is 55.1 Å². The van der Waals surface area contributed by atoms with Crippen LogP contribution in [0.2, 0.25) is 6.55 Å². The quantitative estimate of drug-likeness (QED) is 0.642. The smallest absolute Gasteiger partial charge is 0.0628 e. The van der Waals surface area contributed by atoms with Crippen LogP contribution in [0.3, 0.4) is 0 Å². The Labute approximate surface area is 86.8 Å². The molecule has 2 aromatic carbocycles. The molecule has 2 aromatic rings. The molecule has 2 radical (unpaired) electrons. The van der Waals surface area contributed by atoms with E-state index in [1.165, 1.54) is 10.4 Å². The summed E-state index contributed by atoms with van der Waals surface area (Å²) in [6.45, 7) is 2.31.